The molecule has 2 unspecified atom stereocenters. The number of alkyl halides is 1. The smallest absolute Gasteiger partial charge is 0.324 e. The molecule has 6 heteroatoms. The van der Waals surface area contributed by atoms with E-state index in [9.17, 15) is 9.59 Å². The minimum absolute atomic E-state index is 0.217. The average molecular weight is 232 g/mol. The third-order valence-electron chi connectivity index (χ3n) is 1.96. The number of halogens is 1. The summed E-state index contributed by atoms with van der Waals surface area (Å²) in [6.45, 7) is 3.19. The molecule has 0 bridgehead atoms. The molecular formula is C9H14ClN3O2. The van der Waals surface area contributed by atoms with Crippen molar-refractivity contribution in [1.82, 2.24) is 10.2 Å². The predicted octanol–water partition coefficient (Wildman–Crippen LogP) is 1.08. The Morgan fingerprint density at radius 1 is 1.53 bits per heavy atom. The van der Waals surface area contributed by atoms with Gasteiger partial charge in [-0.05, 0) is 13.8 Å². The molecule has 0 fully saturated rings. The molecule has 15 heavy (non-hydrogen) atoms. The lowest BCUT2D eigenvalue weighted by atomic mass is 10.2. The van der Waals surface area contributed by atoms with Crippen molar-refractivity contribution in [2.45, 2.75) is 31.7 Å². The van der Waals surface area contributed by atoms with E-state index in [0.29, 0.717) is 0 Å². The Hall–Kier alpha value is -1.28. The lowest BCUT2D eigenvalue weighted by Crippen LogP contribution is -2.46. The fraction of sp³-hybridized carbons (Fsp3) is 0.667. The number of nitrogens with one attached hydrogen (secondary N) is 1. The van der Waals surface area contributed by atoms with Crippen molar-refractivity contribution in [3.05, 3.63) is 0 Å². The number of carbonyl (C=O) groups is 2. The van der Waals surface area contributed by atoms with Crippen molar-refractivity contribution in [3.63, 3.8) is 0 Å². The first-order chi connectivity index (χ1) is 6.90. The minimum atomic E-state index is -0.756. The number of nitriles is 1. The predicted molar refractivity (Wildman–Crippen MR) is 56.3 cm³/mol. The van der Waals surface area contributed by atoms with Crippen LogP contribution in [0.1, 0.15) is 20.3 Å². The van der Waals surface area contributed by atoms with Gasteiger partial charge in [0.2, 0.25) is 5.91 Å². The molecular weight excluding hydrogens is 218 g/mol. The van der Waals surface area contributed by atoms with E-state index in [1.165, 1.54) is 18.9 Å². The van der Waals surface area contributed by atoms with Gasteiger partial charge in [0.05, 0.1) is 12.5 Å². The van der Waals surface area contributed by atoms with Gasteiger partial charge in [0, 0.05) is 13.1 Å². The van der Waals surface area contributed by atoms with Crippen molar-refractivity contribution in [2.75, 3.05) is 7.05 Å². The van der Waals surface area contributed by atoms with Gasteiger partial charge in [-0.15, -0.1) is 11.6 Å². The Labute approximate surface area is 94.0 Å². The van der Waals surface area contributed by atoms with Gasteiger partial charge < -0.3 is 4.90 Å². The Morgan fingerprint density at radius 2 is 2.07 bits per heavy atom. The summed E-state index contributed by atoms with van der Waals surface area (Å²) in [5.41, 5.74) is 0. The number of amides is 3. The average Bonchev–Trinajstić information content (AvgIpc) is 2.16. The molecule has 0 aliphatic heterocycles. The standard InChI is InChI=1S/C9H14ClN3O2/c1-6(4-5-11)13(3)9(15)12-8(14)7(2)10/h6-7H,4H2,1-3H3,(H,12,14,15). The Morgan fingerprint density at radius 3 is 2.47 bits per heavy atom. The Bertz CT molecular complexity index is 286. The van der Waals surface area contributed by atoms with Gasteiger partial charge >= 0.3 is 6.03 Å². The first kappa shape index (κ1) is 13.7. The van der Waals surface area contributed by atoms with E-state index in [1.54, 1.807) is 6.92 Å². The second kappa shape index (κ2) is 6.25. The summed E-state index contributed by atoms with van der Waals surface area (Å²) in [4.78, 5) is 23.8. The molecule has 84 valence electrons. The molecule has 0 saturated heterocycles. The summed E-state index contributed by atoms with van der Waals surface area (Å²) >= 11 is 5.48. The lowest BCUT2D eigenvalue weighted by Gasteiger charge is -2.22. The van der Waals surface area contributed by atoms with Crippen LogP contribution in [0, 0.1) is 11.3 Å². The van der Waals surface area contributed by atoms with Crippen LogP contribution in [0.2, 0.25) is 0 Å². The molecule has 0 saturated carbocycles. The summed E-state index contributed by atoms with van der Waals surface area (Å²) in [5, 5.41) is 9.81. The van der Waals surface area contributed by atoms with Crippen molar-refractivity contribution in [1.29, 1.82) is 5.26 Å². The molecule has 0 radical (unpaired) electrons. The maximum atomic E-state index is 11.4. The highest BCUT2D eigenvalue weighted by atomic mass is 35.5. The monoisotopic (exact) mass is 231 g/mol. The highest BCUT2D eigenvalue weighted by Crippen LogP contribution is 2.01. The molecule has 3 amide bonds. The number of carbonyl (C=O) groups excluding carboxylic acids is 2. The van der Waals surface area contributed by atoms with Crippen LogP contribution in [0.4, 0.5) is 4.79 Å². The van der Waals surface area contributed by atoms with Crippen LogP contribution in [0.5, 0.6) is 0 Å². The topological polar surface area (TPSA) is 73.2 Å². The third kappa shape index (κ3) is 4.66. The van der Waals surface area contributed by atoms with Crippen LogP contribution in [-0.2, 0) is 4.79 Å². The first-order valence-corrected chi connectivity index (χ1v) is 4.92. The molecule has 0 rings (SSSR count). The maximum Gasteiger partial charge on any atom is 0.324 e. The van der Waals surface area contributed by atoms with Crippen LogP contribution in [0.15, 0.2) is 0 Å². The molecule has 1 N–H and O–H groups in total. The van der Waals surface area contributed by atoms with Crippen molar-refractivity contribution in [3.8, 4) is 6.07 Å². The number of imide groups is 1. The van der Waals surface area contributed by atoms with Crippen molar-refractivity contribution in [2.24, 2.45) is 0 Å². The van der Waals surface area contributed by atoms with Crippen molar-refractivity contribution < 1.29 is 9.59 Å². The highest BCUT2D eigenvalue weighted by molar-refractivity contribution is 6.31. The van der Waals surface area contributed by atoms with Gasteiger partial charge in [-0.2, -0.15) is 5.26 Å². The van der Waals surface area contributed by atoms with Crippen molar-refractivity contribution >= 4 is 23.5 Å². The maximum absolute atomic E-state index is 11.4. The van der Waals surface area contributed by atoms with Crippen LogP contribution < -0.4 is 5.32 Å². The number of hydrogen-bond donors (Lipinski definition) is 1. The molecule has 0 heterocycles. The van der Waals surface area contributed by atoms with Gasteiger partial charge in [0.25, 0.3) is 0 Å². The van der Waals surface area contributed by atoms with Gasteiger partial charge in [-0.1, -0.05) is 0 Å². The third-order valence-corrected chi connectivity index (χ3v) is 2.16. The zero-order valence-electron chi connectivity index (χ0n) is 8.95. The Balaban J connectivity index is 4.22. The normalized spacial score (nSPS) is 13.5. The number of rotatable bonds is 3. The molecule has 5 nitrogen and oxygen atoms in total. The molecule has 0 spiro atoms. The lowest BCUT2D eigenvalue weighted by molar-refractivity contribution is -0.119. The van der Waals surface area contributed by atoms with E-state index in [-0.39, 0.29) is 12.5 Å². The molecule has 0 aromatic carbocycles. The summed E-state index contributed by atoms with van der Waals surface area (Å²) in [7, 11) is 1.52. The van der Waals surface area contributed by atoms with Gasteiger partial charge in [0.15, 0.2) is 0 Å². The van der Waals surface area contributed by atoms with Gasteiger partial charge in [-0.25, -0.2) is 4.79 Å². The molecule has 2 atom stereocenters. The fourth-order valence-corrected chi connectivity index (χ4v) is 0.817. The summed E-state index contributed by atoms with van der Waals surface area (Å²) < 4.78 is 0. The zero-order chi connectivity index (χ0) is 12.0. The van der Waals surface area contributed by atoms with Crippen LogP contribution in [0.25, 0.3) is 0 Å². The second-order valence-electron chi connectivity index (χ2n) is 3.23. The van der Waals surface area contributed by atoms with E-state index in [0.717, 1.165) is 0 Å². The molecule has 0 aromatic rings. The SMILES string of the molecule is CC(Cl)C(=O)NC(=O)N(C)C(C)CC#N. The second-order valence-corrected chi connectivity index (χ2v) is 3.89. The van der Waals surface area contributed by atoms with E-state index >= 15 is 0 Å². The van der Waals surface area contributed by atoms with Crippen LogP contribution >= 0.6 is 11.6 Å². The number of hydrogen-bond acceptors (Lipinski definition) is 3. The first-order valence-electron chi connectivity index (χ1n) is 4.48. The molecule has 0 aliphatic carbocycles. The van der Waals surface area contributed by atoms with Gasteiger partial charge in [-0.3, -0.25) is 10.1 Å². The zero-order valence-corrected chi connectivity index (χ0v) is 9.71. The number of nitrogens with zero attached hydrogens (tertiary/aromatic N) is 2. The van der Waals surface area contributed by atoms with E-state index in [1.807, 2.05) is 6.07 Å². The fourth-order valence-electron chi connectivity index (χ4n) is 0.762. The summed E-state index contributed by atoms with van der Waals surface area (Å²) in [5.74, 6) is -0.544. The molecule has 0 aliphatic rings. The number of urea groups is 1. The van der Waals surface area contributed by atoms with E-state index in [2.05, 4.69) is 5.32 Å². The van der Waals surface area contributed by atoms with Crippen LogP contribution in [-0.4, -0.2) is 35.3 Å². The van der Waals surface area contributed by atoms with E-state index < -0.39 is 17.3 Å². The highest BCUT2D eigenvalue weighted by Gasteiger charge is 2.19. The minimum Gasteiger partial charge on any atom is -0.324 e. The van der Waals surface area contributed by atoms with Crippen LogP contribution in [0.3, 0.4) is 0 Å². The quantitative estimate of drug-likeness (QED) is 0.739. The van der Waals surface area contributed by atoms with Gasteiger partial charge in [0.1, 0.15) is 5.38 Å². The summed E-state index contributed by atoms with van der Waals surface area (Å²) in [6, 6.07) is 1.16. The molecule has 0 aromatic heterocycles. The van der Waals surface area contributed by atoms with E-state index in [4.69, 9.17) is 16.9 Å². The summed E-state index contributed by atoms with van der Waals surface area (Å²) in [6.07, 6.45) is 0.217. The Kier molecular flexibility index (Phi) is 5.72. The largest absolute Gasteiger partial charge is 0.324 e.